The summed E-state index contributed by atoms with van der Waals surface area (Å²) in [6, 6.07) is 11.9. The van der Waals surface area contributed by atoms with E-state index < -0.39 is 0 Å². The number of pyridine rings is 1. The molecule has 3 rings (SSSR count). The first-order valence-electron chi connectivity index (χ1n) is 9.80. The van der Waals surface area contributed by atoms with Gasteiger partial charge >= 0.3 is 0 Å². The number of aliphatic hydroxyl groups is 2. The van der Waals surface area contributed by atoms with Crippen LogP contribution in [0.4, 0.5) is 17.2 Å². The predicted octanol–water partition coefficient (Wildman–Crippen LogP) is 3.31. The first kappa shape index (κ1) is 22.8. The molecule has 5 N–H and O–H groups in total. The number of nitrogens with zero attached hydrogens (tertiary/aromatic N) is 1. The number of nitrogens with one attached hydrogen (secondary N) is 1. The van der Waals surface area contributed by atoms with Gasteiger partial charge in [0.25, 0.3) is 0 Å². The van der Waals surface area contributed by atoms with E-state index in [0.29, 0.717) is 50.9 Å². The predicted molar refractivity (Wildman–Crippen MR) is 123 cm³/mol. The van der Waals surface area contributed by atoms with Crippen molar-refractivity contribution < 1.29 is 24.5 Å². The molecule has 0 saturated heterocycles. The molecule has 0 atom stereocenters. The van der Waals surface area contributed by atoms with Gasteiger partial charge in [0.2, 0.25) is 0 Å². The van der Waals surface area contributed by atoms with E-state index in [4.69, 9.17) is 15.2 Å². The van der Waals surface area contributed by atoms with Crippen molar-refractivity contribution in [2.24, 2.45) is 0 Å². The summed E-state index contributed by atoms with van der Waals surface area (Å²) in [6.07, 6.45) is 4.72. The number of carbonyl (C=O) groups is 1. The molecule has 166 valence electrons. The summed E-state index contributed by atoms with van der Waals surface area (Å²) >= 11 is 0. The van der Waals surface area contributed by atoms with Crippen molar-refractivity contribution in [2.45, 2.75) is 13.2 Å². The minimum atomic E-state index is -0.255. The number of hydrogen-bond acceptors (Lipinski definition) is 8. The number of nitrogens with two attached hydrogens (primary N) is 1. The monoisotopic (exact) mass is 435 g/mol. The average Bonchev–Trinajstić information content (AvgIpc) is 2.82. The third-order valence-corrected chi connectivity index (χ3v) is 4.88. The Morgan fingerprint density at radius 1 is 1.09 bits per heavy atom. The minimum absolute atomic E-state index is 0.217. The fraction of sp³-hybridized carbons (Fsp3) is 0.167. The Bertz CT molecular complexity index is 1120. The Kier molecular flexibility index (Phi) is 7.43. The van der Waals surface area contributed by atoms with Gasteiger partial charge in [0, 0.05) is 34.6 Å². The van der Waals surface area contributed by atoms with E-state index in [1.165, 1.54) is 20.3 Å². The van der Waals surface area contributed by atoms with Crippen LogP contribution in [0.3, 0.4) is 0 Å². The fourth-order valence-electron chi connectivity index (χ4n) is 3.22. The fourth-order valence-corrected chi connectivity index (χ4v) is 3.22. The molecule has 0 aliphatic heterocycles. The minimum Gasteiger partial charge on any atom is -0.496 e. The van der Waals surface area contributed by atoms with Gasteiger partial charge < -0.3 is 30.7 Å². The molecule has 0 bridgehead atoms. The van der Waals surface area contributed by atoms with Crippen LogP contribution in [0, 0.1) is 0 Å². The van der Waals surface area contributed by atoms with E-state index in [1.807, 2.05) is 6.07 Å². The van der Waals surface area contributed by atoms with Gasteiger partial charge in [-0.3, -0.25) is 4.79 Å². The number of allylic oxidation sites excluding steroid dienone is 1. The van der Waals surface area contributed by atoms with Crippen LogP contribution in [0.15, 0.2) is 54.7 Å². The largest absolute Gasteiger partial charge is 0.496 e. The smallest absolute Gasteiger partial charge is 0.185 e. The molecule has 0 radical (unpaired) electrons. The Morgan fingerprint density at radius 3 is 2.53 bits per heavy atom. The van der Waals surface area contributed by atoms with Gasteiger partial charge in [0.15, 0.2) is 5.78 Å². The number of hydrogen-bond donors (Lipinski definition) is 4. The molecule has 0 amide bonds. The number of rotatable bonds is 9. The topological polar surface area (TPSA) is 127 Å². The summed E-state index contributed by atoms with van der Waals surface area (Å²) in [4.78, 5) is 16.9. The lowest BCUT2D eigenvalue weighted by atomic mass is 10.1. The molecule has 2 aromatic carbocycles. The van der Waals surface area contributed by atoms with Gasteiger partial charge in [0.1, 0.15) is 17.3 Å². The molecule has 0 aliphatic rings. The van der Waals surface area contributed by atoms with E-state index in [9.17, 15) is 15.0 Å². The maximum absolute atomic E-state index is 12.6. The summed E-state index contributed by atoms with van der Waals surface area (Å²) in [5.41, 5.74) is 9.07. The van der Waals surface area contributed by atoms with Gasteiger partial charge in [-0.05, 0) is 54.1 Å². The first-order chi connectivity index (χ1) is 15.5. The second kappa shape index (κ2) is 10.4. The molecule has 32 heavy (non-hydrogen) atoms. The number of anilines is 3. The zero-order valence-corrected chi connectivity index (χ0v) is 17.8. The number of aliphatic hydroxyl groups excluding tert-OH is 2. The van der Waals surface area contributed by atoms with Crippen LogP contribution >= 0.6 is 0 Å². The standard InChI is InChI=1S/C24H25N3O5/c1-31-22-8-6-16(11-20(22)25)21(30)7-5-15-4-3-9-26-24(15)27-18-10-17(13-28)19(14-29)23(12-18)32-2/h3-12,28-29H,13-14,25H2,1-2H3,(H,26,27). The van der Waals surface area contributed by atoms with Crippen LogP contribution in [-0.4, -0.2) is 35.2 Å². The summed E-state index contributed by atoms with van der Waals surface area (Å²) in [5.74, 6) is 1.25. The van der Waals surface area contributed by atoms with E-state index in [0.717, 1.165) is 0 Å². The van der Waals surface area contributed by atoms with Crippen LogP contribution in [0.2, 0.25) is 0 Å². The summed E-state index contributed by atoms with van der Waals surface area (Å²) in [7, 11) is 3.01. The summed E-state index contributed by atoms with van der Waals surface area (Å²) in [5, 5.41) is 22.4. The molecule has 0 aliphatic carbocycles. The summed E-state index contributed by atoms with van der Waals surface area (Å²) in [6.45, 7) is -0.509. The van der Waals surface area contributed by atoms with Gasteiger partial charge in [-0.2, -0.15) is 0 Å². The lowest BCUT2D eigenvalue weighted by Crippen LogP contribution is -2.03. The van der Waals surface area contributed by atoms with Crippen molar-refractivity contribution in [3.05, 3.63) is 77.0 Å². The molecule has 1 aromatic heterocycles. The van der Waals surface area contributed by atoms with Crippen molar-refractivity contribution in [1.29, 1.82) is 0 Å². The third-order valence-electron chi connectivity index (χ3n) is 4.88. The van der Waals surface area contributed by atoms with Crippen molar-refractivity contribution in [2.75, 3.05) is 25.3 Å². The Morgan fingerprint density at radius 2 is 1.88 bits per heavy atom. The normalized spacial score (nSPS) is 10.9. The molecule has 3 aromatic rings. The zero-order chi connectivity index (χ0) is 23.1. The second-order valence-electron chi connectivity index (χ2n) is 6.85. The molecule has 0 unspecified atom stereocenters. The van der Waals surface area contributed by atoms with Gasteiger partial charge in [-0.25, -0.2) is 4.98 Å². The molecule has 1 heterocycles. The number of ketones is 1. The highest BCUT2D eigenvalue weighted by molar-refractivity contribution is 6.07. The molecular formula is C24H25N3O5. The van der Waals surface area contributed by atoms with E-state index in [2.05, 4.69) is 10.3 Å². The molecular weight excluding hydrogens is 410 g/mol. The summed E-state index contributed by atoms with van der Waals surface area (Å²) < 4.78 is 10.5. The van der Waals surface area contributed by atoms with Gasteiger partial charge in [-0.1, -0.05) is 0 Å². The Balaban J connectivity index is 1.87. The van der Waals surface area contributed by atoms with Gasteiger partial charge in [0.05, 0.1) is 33.1 Å². The van der Waals surface area contributed by atoms with Crippen LogP contribution in [-0.2, 0) is 13.2 Å². The van der Waals surface area contributed by atoms with Gasteiger partial charge in [-0.15, -0.1) is 0 Å². The molecule has 8 nitrogen and oxygen atoms in total. The SMILES string of the molecule is COc1ccc(C(=O)C=Cc2cccnc2Nc2cc(CO)c(CO)c(OC)c2)cc1N. The van der Waals surface area contributed by atoms with E-state index in [-0.39, 0.29) is 19.0 Å². The third kappa shape index (κ3) is 5.05. The highest BCUT2D eigenvalue weighted by Gasteiger charge is 2.12. The highest BCUT2D eigenvalue weighted by atomic mass is 16.5. The Labute approximate surface area is 185 Å². The zero-order valence-electron chi connectivity index (χ0n) is 17.8. The van der Waals surface area contributed by atoms with Crippen molar-refractivity contribution in [1.82, 2.24) is 4.98 Å². The number of nitrogen functional groups attached to an aromatic ring is 1. The van der Waals surface area contributed by atoms with Crippen molar-refractivity contribution in [3.8, 4) is 11.5 Å². The van der Waals surface area contributed by atoms with Crippen LogP contribution in [0.1, 0.15) is 27.0 Å². The lowest BCUT2D eigenvalue weighted by Gasteiger charge is -2.15. The molecule has 0 fully saturated rings. The van der Waals surface area contributed by atoms with E-state index in [1.54, 1.807) is 48.7 Å². The van der Waals surface area contributed by atoms with Crippen LogP contribution in [0.25, 0.3) is 6.08 Å². The second-order valence-corrected chi connectivity index (χ2v) is 6.85. The van der Waals surface area contributed by atoms with Crippen molar-refractivity contribution >= 4 is 29.1 Å². The lowest BCUT2D eigenvalue weighted by molar-refractivity contribution is 0.104. The number of aromatic nitrogens is 1. The van der Waals surface area contributed by atoms with E-state index >= 15 is 0 Å². The number of ether oxygens (including phenoxy) is 2. The Hall–Kier alpha value is -3.88. The first-order valence-corrected chi connectivity index (χ1v) is 9.80. The highest BCUT2D eigenvalue weighted by Crippen LogP contribution is 2.30. The maximum atomic E-state index is 12.6. The number of methoxy groups -OCH3 is 2. The molecule has 0 saturated carbocycles. The number of benzene rings is 2. The molecule has 8 heteroatoms. The average molecular weight is 435 g/mol. The maximum Gasteiger partial charge on any atom is 0.185 e. The van der Waals surface area contributed by atoms with Crippen molar-refractivity contribution in [3.63, 3.8) is 0 Å². The number of carbonyl (C=O) groups excluding carboxylic acids is 1. The van der Waals surface area contributed by atoms with Crippen LogP contribution < -0.4 is 20.5 Å². The van der Waals surface area contributed by atoms with Crippen LogP contribution in [0.5, 0.6) is 11.5 Å². The molecule has 0 spiro atoms. The quantitative estimate of drug-likeness (QED) is 0.229.